The number of nitrogens with zero attached hydrogens (tertiary/aromatic N) is 3. The molecular formula is C10H12N4OS. The number of amides is 1. The van der Waals surface area contributed by atoms with Crippen LogP contribution in [0.1, 0.15) is 23.0 Å². The third-order valence-corrected chi connectivity index (χ3v) is 2.86. The topological polar surface area (TPSA) is 59.8 Å². The summed E-state index contributed by atoms with van der Waals surface area (Å²) in [7, 11) is 0. The molecule has 0 radical (unpaired) electrons. The van der Waals surface area contributed by atoms with Crippen LogP contribution in [0, 0.1) is 6.92 Å². The zero-order chi connectivity index (χ0) is 11.5. The van der Waals surface area contributed by atoms with E-state index >= 15 is 0 Å². The molecule has 0 aromatic carbocycles. The zero-order valence-electron chi connectivity index (χ0n) is 9.10. The van der Waals surface area contributed by atoms with E-state index < -0.39 is 0 Å². The van der Waals surface area contributed by atoms with Crippen LogP contribution in [0.5, 0.6) is 0 Å². The fraction of sp³-hybridized carbons (Fsp3) is 0.300. The number of anilines is 1. The minimum absolute atomic E-state index is 0.160. The second kappa shape index (κ2) is 4.44. The van der Waals surface area contributed by atoms with E-state index in [1.165, 1.54) is 11.3 Å². The third-order valence-electron chi connectivity index (χ3n) is 2.17. The minimum Gasteiger partial charge on any atom is -0.298 e. The molecule has 2 aromatic rings. The Morgan fingerprint density at radius 1 is 1.62 bits per heavy atom. The summed E-state index contributed by atoms with van der Waals surface area (Å²) in [5.74, 6) is -0.160. The molecular weight excluding hydrogens is 224 g/mol. The normalized spacial score (nSPS) is 10.4. The van der Waals surface area contributed by atoms with E-state index in [0.29, 0.717) is 10.7 Å². The van der Waals surface area contributed by atoms with Crippen molar-refractivity contribution in [1.29, 1.82) is 0 Å². The van der Waals surface area contributed by atoms with Crippen LogP contribution >= 0.6 is 11.3 Å². The Morgan fingerprint density at radius 3 is 3.00 bits per heavy atom. The maximum Gasteiger partial charge on any atom is 0.260 e. The van der Waals surface area contributed by atoms with E-state index in [2.05, 4.69) is 15.4 Å². The van der Waals surface area contributed by atoms with Crippen LogP contribution in [0.15, 0.2) is 17.8 Å². The molecule has 0 atom stereocenters. The lowest BCUT2D eigenvalue weighted by Gasteiger charge is -1.98. The average Bonchev–Trinajstić information content (AvgIpc) is 2.87. The van der Waals surface area contributed by atoms with Crippen LogP contribution in [0.25, 0.3) is 0 Å². The van der Waals surface area contributed by atoms with Gasteiger partial charge in [0.1, 0.15) is 0 Å². The van der Waals surface area contributed by atoms with Crippen LogP contribution in [0.2, 0.25) is 0 Å². The Bertz CT molecular complexity index is 489. The molecule has 2 rings (SSSR count). The molecule has 0 aliphatic carbocycles. The van der Waals surface area contributed by atoms with Gasteiger partial charge in [-0.2, -0.15) is 5.10 Å². The standard InChI is InChI=1S/C10H12N4OS/c1-3-14-6-8(7(2)13-14)9(15)12-10-11-4-5-16-10/h4-6H,3H2,1-2H3,(H,11,12,15). The first kappa shape index (κ1) is 10.8. The van der Waals surface area contributed by atoms with Crippen LogP contribution in [0.4, 0.5) is 5.13 Å². The molecule has 1 N–H and O–H groups in total. The first-order chi connectivity index (χ1) is 7.70. The number of nitrogens with one attached hydrogen (secondary N) is 1. The van der Waals surface area contributed by atoms with Gasteiger partial charge in [0.05, 0.1) is 11.3 Å². The van der Waals surface area contributed by atoms with E-state index in [1.807, 2.05) is 19.2 Å². The van der Waals surface area contributed by atoms with Crippen molar-refractivity contribution < 1.29 is 4.79 Å². The van der Waals surface area contributed by atoms with Gasteiger partial charge in [-0.15, -0.1) is 11.3 Å². The molecule has 2 aromatic heterocycles. The number of aryl methyl sites for hydroxylation is 2. The SMILES string of the molecule is CCn1cc(C(=O)Nc2nccs2)c(C)n1. The summed E-state index contributed by atoms with van der Waals surface area (Å²) in [4.78, 5) is 15.9. The Morgan fingerprint density at radius 2 is 2.44 bits per heavy atom. The van der Waals surface area contributed by atoms with E-state index in [0.717, 1.165) is 12.2 Å². The van der Waals surface area contributed by atoms with Gasteiger partial charge in [-0.3, -0.25) is 14.8 Å². The van der Waals surface area contributed by atoms with Crippen molar-refractivity contribution in [2.45, 2.75) is 20.4 Å². The van der Waals surface area contributed by atoms with Crippen molar-refractivity contribution in [1.82, 2.24) is 14.8 Å². The van der Waals surface area contributed by atoms with E-state index in [1.54, 1.807) is 17.1 Å². The van der Waals surface area contributed by atoms with Crippen LogP contribution in [-0.2, 0) is 6.54 Å². The van der Waals surface area contributed by atoms with Gasteiger partial charge in [0.25, 0.3) is 5.91 Å². The number of thiazole rings is 1. The van der Waals surface area contributed by atoms with Gasteiger partial charge in [0, 0.05) is 24.3 Å². The van der Waals surface area contributed by atoms with Crippen molar-refractivity contribution in [3.8, 4) is 0 Å². The largest absolute Gasteiger partial charge is 0.298 e. The fourth-order valence-corrected chi connectivity index (χ4v) is 1.88. The lowest BCUT2D eigenvalue weighted by Crippen LogP contribution is -2.12. The number of carbonyl (C=O) groups excluding carboxylic acids is 1. The van der Waals surface area contributed by atoms with Gasteiger partial charge in [-0.05, 0) is 13.8 Å². The third kappa shape index (κ3) is 2.11. The van der Waals surface area contributed by atoms with Gasteiger partial charge in [-0.25, -0.2) is 4.98 Å². The Kier molecular flexibility index (Phi) is 3.00. The number of hydrogen-bond acceptors (Lipinski definition) is 4. The van der Waals surface area contributed by atoms with Gasteiger partial charge in [0.2, 0.25) is 0 Å². The Hall–Kier alpha value is -1.69. The average molecular weight is 236 g/mol. The van der Waals surface area contributed by atoms with Crippen LogP contribution < -0.4 is 5.32 Å². The monoisotopic (exact) mass is 236 g/mol. The molecule has 0 aliphatic heterocycles. The summed E-state index contributed by atoms with van der Waals surface area (Å²) in [5, 5.41) is 9.37. The zero-order valence-corrected chi connectivity index (χ0v) is 9.91. The molecule has 0 fully saturated rings. The van der Waals surface area contributed by atoms with Gasteiger partial charge >= 0.3 is 0 Å². The molecule has 0 spiro atoms. The van der Waals surface area contributed by atoms with E-state index in [-0.39, 0.29) is 5.91 Å². The molecule has 84 valence electrons. The van der Waals surface area contributed by atoms with E-state index in [4.69, 9.17) is 0 Å². The second-order valence-corrected chi connectivity index (χ2v) is 4.17. The first-order valence-electron chi connectivity index (χ1n) is 4.95. The number of hydrogen-bond donors (Lipinski definition) is 1. The Balaban J connectivity index is 2.17. The van der Waals surface area contributed by atoms with Gasteiger partial charge < -0.3 is 0 Å². The molecule has 0 aliphatic rings. The summed E-state index contributed by atoms with van der Waals surface area (Å²) in [6.45, 7) is 4.56. The summed E-state index contributed by atoms with van der Waals surface area (Å²) in [6, 6.07) is 0. The van der Waals surface area contributed by atoms with Crippen LogP contribution in [0.3, 0.4) is 0 Å². The molecule has 6 heteroatoms. The highest BCUT2D eigenvalue weighted by atomic mass is 32.1. The summed E-state index contributed by atoms with van der Waals surface area (Å²) in [5.41, 5.74) is 1.33. The van der Waals surface area contributed by atoms with Crippen LogP contribution in [-0.4, -0.2) is 20.7 Å². The molecule has 0 unspecified atom stereocenters. The number of rotatable bonds is 3. The predicted molar refractivity (Wildman–Crippen MR) is 62.7 cm³/mol. The molecule has 1 amide bonds. The summed E-state index contributed by atoms with van der Waals surface area (Å²) < 4.78 is 1.74. The van der Waals surface area contributed by atoms with Crippen molar-refractivity contribution in [3.63, 3.8) is 0 Å². The lowest BCUT2D eigenvalue weighted by molar-refractivity contribution is 0.102. The Labute approximate surface area is 97.1 Å². The van der Waals surface area contributed by atoms with Crippen molar-refractivity contribution >= 4 is 22.4 Å². The highest BCUT2D eigenvalue weighted by Crippen LogP contribution is 2.13. The molecule has 0 saturated heterocycles. The van der Waals surface area contributed by atoms with Gasteiger partial charge in [0.15, 0.2) is 5.13 Å². The van der Waals surface area contributed by atoms with Gasteiger partial charge in [-0.1, -0.05) is 0 Å². The molecule has 0 saturated carbocycles. The van der Waals surface area contributed by atoms with Crippen molar-refractivity contribution in [3.05, 3.63) is 29.0 Å². The second-order valence-electron chi connectivity index (χ2n) is 3.28. The molecule has 5 nitrogen and oxygen atoms in total. The summed E-state index contributed by atoms with van der Waals surface area (Å²) >= 11 is 1.39. The molecule has 0 bridgehead atoms. The first-order valence-corrected chi connectivity index (χ1v) is 5.83. The predicted octanol–water partition coefficient (Wildman–Crippen LogP) is 1.92. The number of carbonyl (C=O) groups is 1. The molecule has 2 heterocycles. The maximum absolute atomic E-state index is 11.9. The highest BCUT2D eigenvalue weighted by molar-refractivity contribution is 7.13. The summed E-state index contributed by atoms with van der Waals surface area (Å²) in [6.07, 6.45) is 3.40. The maximum atomic E-state index is 11.9. The minimum atomic E-state index is -0.160. The highest BCUT2D eigenvalue weighted by Gasteiger charge is 2.13. The van der Waals surface area contributed by atoms with Crippen molar-refractivity contribution in [2.24, 2.45) is 0 Å². The lowest BCUT2D eigenvalue weighted by atomic mass is 10.2. The fourth-order valence-electron chi connectivity index (χ4n) is 1.35. The number of aromatic nitrogens is 3. The smallest absolute Gasteiger partial charge is 0.260 e. The van der Waals surface area contributed by atoms with E-state index in [9.17, 15) is 4.79 Å². The molecule has 16 heavy (non-hydrogen) atoms. The quantitative estimate of drug-likeness (QED) is 0.885. The van der Waals surface area contributed by atoms with Crippen molar-refractivity contribution in [2.75, 3.05) is 5.32 Å².